The average Bonchev–Trinajstić information content (AvgIpc) is 2.44. The highest BCUT2D eigenvalue weighted by Gasteiger charge is 2.16. The lowest BCUT2D eigenvalue weighted by molar-refractivity contribution is 0.636. The maximum Gasteiger partial charge on any atom is 0.128 e. The van der Waals surface area contributed by atoms with E-state index in [0.717, 1.165) is 17.5 Å². The van der Waals surface area contributed by atoms with Crippen LogP contribution in [0.4, 0.5) is 5.82 Å². The molecule has 1 aromatic heterocycles. The molecule has 2 rings (SSSR count). The van der Waals surface area contributed by atoms with Gasteiger partial charge in [-0.05, 0) is 23.6 Å². The lowest BCUT2D eigenvalue weighted by atomic mass is 9.98. The molecular weight excluding hydrogens is 260 g/mol. The normalized spacial score (nSPS) is 12.4. The van der Waals surface area contributed by atoms with Crippen molar-refractivity contribution in [3.8, 4) is 0 Å². The van der Waals surface area contributed by atoms with E-state index in [0.29, 0.717) is 10.8 Å². The number of nitrogen functional groups attached to an aromatic ring is 1. The van der Waals surface area contributed by atoms with Crippen LogP contribution < -0.4 is 17.0 Å². The molecule has 0 aliphatic rings. The van der Waals surface area contributed by atoms with Gasteiger partial charge in [0.2, 0.25) is 0 Å². The van der Waals surface area contributed by atoms with Crippen LogP contribution >= 0.6 is 11.6 Å². The number of hydrazine groups is 1. The zero-order chi connectivity index (χ0) is 13.8. The first-order valence-electron chi connectivity index (χ1n) is 6.11. The second kappa shape index (κ2) is 6.02. The van der Waals surface area contributed by atoms with Gasteiger partial charge in [-0.1, -0.05) is 42.8 Å². The van der Waals surface area contributed by atoms with Gasteiger partial charge in [-0.2, -0.15) is 0 Å². The third kappa shape index (κ3) is 3.04. The van der Waals surface area contributed by atoms with Gasteiger partial charge in [-0.3, -0.25) is 5.84 Å². The first kappa shape index (κ1) is 13.8. The molecule has 1 aromatic carbocycles. The maximum absolute atomic E-state index is 5.97. The van der Waals surface area contributed by atoms with Crippen LogP contribution in [0.25, 0.3) is 0 Å². The van der Waals surface area contributed by atoms with E-state index in [1.54, 1.807) is 6.07 Å². The first-order valence-corrected chi connectivity index (χ1v) is 6.49. The summed E-state index contributed by atoms with van der Waals surface area (Å²) in [6.07, 6.45) is 2.52. The van der Waals surface area contributed by atoms with Gasteiger partial charge in [0.25, 0.3) is 0 Å². The summed E-state index contributed by atoms with van der Waals surface area (Å²) in [5, 5.41) is 0.537. The highest BCUT2D eigenvalue weighted by atomic mass is 35.5. The molecule has 0 bridgehead atoms. The largest absolute Gasteiger partial charge is 0.383 e. The summed E-state index contributed by atoms with van der Waals surface area (Å²) in [5.74, 6) is 6.07. The van der Waals surface area contributed by atoms with Crippen molar-refractivity contribution in [2.45, 2.75) is 19.4 Å². The molecule has 2 aromatic rings. The summed E-state index contributed by atoms with van der Waals surface area (Å²) in [7, 11) is 0. The Balaban J connectivity index is 2.40. The molecule has 0 amide bonds. The Labute approximate surface area is 117 Å². The number of nitrogens with zero attached hydrogens (tertiary/aromatic N) is 1. The van der Waals surface area contributed by atoms with Crippen molar-refractivity contribution in [1.82, 2.24) is 10.4 Å². The fraction of sp³-hybridized carbons (Fsp3) is 0.214. The van der Waals surface area contributed by atoms with Crippen molar-refractivity contribution < 1.29 is 0 Å². The quantitative estimate of drug-likeness (QED) is 0.592. The number of rotatable bonds is 4. The topological polar surface area (TPSA) is 77.0 Å². The number of nitrogens with two attached hydrogens (primary N) is 2. The van der Waals surface area contributed by atoms with E-state index in [4.69, 9.17) is 23.2 Å². The average molecular weight is 277 g/mol. The number of nitrogens with one attached hydrogen (secondary N) is 1. The minimum absolute atomic E-state index is 0.225. The van der Waals surface area contributed by atoms with Gasteiger partial charge in [0.05, 0.1) is 11.1 Å². The Kier molecular flexibility index (Phi) is 4.37. The molecule has 0 aliphatic carbocycles. The molecule has 5 heteroatoms. The van der Waals surface area contributed by atoms with Crippen LogP contribution in [0.15, 0.2) is 36.5 Å². The molecule has 0 saturated carbocycles. The molecule has 19 heavy (non-hydrogen) atoms. The monoisotopic (exact) mass is 276 g/mol. The van der Waals surface area contributed by atoms with Crippen LogP contribution in [0.5, 0.6) is 0 Å². The Bertz CT molecular complexity index is 554. The number of benzene rings is 1. The van der Waals surface area contributed by atoms with Crippen molar-refractivity contribution in [3.63, 3.8) is 0 Å². The molecule has 100 valence electrons. The summed E-state index contributed by atoms with van der Waals surface area (Å²) >= 11 is 5.97. The molecular formula is C14H17ClN4. The van der Waals surface area contributed by atoms with Gasteiger partial charge >= 0.3 is 0 Å². The van der Waals surface area contributed by atoms with Crippen LogP contribution in [0.2, 0.25) is 5.02 Å². The van der Waals surface area contributed by atoms with Crippen molar-refractivity contribution >= 4 is 17.4 Å². The van der Waals surface area contributed by atoms with Crippen LogP contribution in [-0.4, -0.2) is 4.98 Å². The summed E-state index contributed by atoms with van der Waals surface area (Å²) in [6.45, 7) is 2.12. The van der Waals surface area contributed by atoms with E-state index >= 15 is 0 Å². The second-order valence-corrected chi connectivity index (χ2v) is 4.76. The van der Waals surface area contributed by atoms with Crippen LogP contribution in [0.1, 0.15) is 29.7 Å². The Morgan fingerprint density at radius 3 is 2.58 bits per heavy atom. The predicted octanol–water partition coefficient (Wildman–Crippen LogP) is 2.43. The van der Waals surface area contributed by atoms with Crippen LogP contribution in [0, 0.1) is 0 Å². The first-order chi connectivity index (χ1) is 9.15. The molecule has 0 saturated heterocycles. The molecule has 1 atom stereocenters. The molecule has 0 radical (unpaired) electrons. The summed E-state index contributed by atoms with van der Waals surface area (Å²) in [6, 6.07) is 9.77. The third-order valence-electron chi connectivity index (χ3n) is 3.12. The van der Waals surface area contributed by atoms with Crippen LogP contribution in [-0.2, 0) is 6.42 Å². The lowest BCUT2D eigenvalue weighted by Crippen LogP contribution is -2.29. The van der Waals surface area contributed by atoms with E-state index in [1.165, 1.54) is 11.8 Å². The Hall–Kier alpha value is -1.62. The summed E-state index contributed by atoms with van der Waals surface area (Å²) < 4.78 is 0. The van der Waals surface area contributed by atoms with Crippen molar-refractivity contribution in [3.05, 3.63) is 58.2 Å². The highest BCUT2D eigenvalue weighted by molar-refractivity contribution is 6.30. The Morgan fingerprint density at radius 2 is 2.00 bits per heavy atom. The Morgan fingerprint density at radius 1 is 1.32 bits per heavy atom. The molecule has 1 heterocycles. The zero-order valence-corrected chi connectivity index (χ0v) is 11.5. The smallest absolute Gasteiger partial charge is 0.128 e. The van der Waals surface area contributed by atoms with E-state index in [-0.39, 0.29) is 6.04 Å². The van der Waals surface area contributed by atoms with Gasteiger partial charge in [0, 0.05) is 11.8 Å². The second-order valence-electron chi connectivity index (χ2n) is 4.32. The minimum atomic E-state index is -0.225. The van der Waals surface area contributed by atoms with Gasteiger partial charge < -0.3 is 5.73 Å². The van der Waals surface area contributed by atoms with E-state index < -0.39 is 0 Å². The standard InChI is InChI=1S/C14H17ClN4/c1-2-9-3-5-10(6-4-9)13(19-17)12-7-11(15)8-18-14(12)16/h3-8,13,19H,2,17H2,1H3,(H2,16,18). The van der Waals surface area contributed by atoms with Gasteiger partial charge in [-0.15, -0.1) is 0 Å². The van der Waals surface area contributed by atoms with E-state index in [9.17, 15) is 0 Å². The molecule has 5 N–H and O–H groups in total. The van der Waals surface area contributed by atoms with Crippen molar-refractivity contribution in [2.24, 2.45) is 5.84 Å². The number of pyridine rings is 1. The lowest BCUT2D eigenvalue weighted by Gasteiger charge is -2.18. The fourth-order valence-electron chi connectivity index (χ4n) is 2.01. The molecule has 1 unspecified atom stereocenters. The number of aromatic nitrogens is 1. The van der Waals surface area contributed by atoms with E-state index in [2.05, 4.69) is 29.5 Å². The predicted molar refractivity (Wildman–Crippen MR) is 78.6 cm³/mol. The number of hydrogen-bond donors (Lipinski definition) is 3. The fourth-order valence-corrected chi connectivity index (χ4v) is 2.17. The third-order valence-corrected chi connectivity index (χ3v) is 3.32. The van der Waals surface area contributed by atoms with Crippen molar-refractivity contribution in [1.29, 1.82) is 0 Å². The van der Waals surface area contributed by atoms with Crippen molar-refractivity contribution in [2.75, 3.05) is 5.73 Å². The number of hydrogen-bond acceptors (Lipinski definition) is 4. The van der Waals surface area contributed by atoms with Crippen LogP contribution in [0.3, 0.4) is 0 Å². The minimum Gasteiger partial charge on any atom is -0.383 e. The molecule has 0 spiro atoms. The zero-order valence-electron chi connectivity index (χ0n) is 10.7. The van der Waals surface area contributed by atoms with Gasteiger partial charge in [0.15, 0.2) is 0 Å². The number of aryl methyl sites for hydroxylation is 1. The highest BCUT2D eigenvalue weighted by Crippen LogP contribution is 2.27. The van der Waals surface area contributed by atoms with Gasteiger partial charge in [-0.25, -0.2) is 10.4 Å². The molecule has 0 aliphatic heterocycles. The molecule has 0 fully saturated rings. The number of anilines is 1. The summed E-state index contributed by atoms with van der Waals surface area (Å²) in [4.78, 5) is 4.06. The molecule has 4 nitrogen and oxygen atoms in total. The van der Waals surface area contributed by atoms with E-state index in [1.807, 2.05) is 12.1 Å². The maximum atomic E-state index is 5.97. The SMILES string of the molecule is CCc1ccc(C(NN)c2cc(Cl)cnc2N)cc1. The van der Waals surface area contributed by atoms with Gasteiger partial charge in [0.1, 0.15) is 5.82 Å². The summed E-state index contributed by atoms with van der Waals surface area (Å²) in [5.41, 5.74) is 11.7. The number of halogens is 1.